The fraction of sp³-hybridized carbons (Fsp3) is 0.154. The van der Waals surface area contributed by atoms with Crippen molar-refractivity contribution >= 4 is 5.71 Å². The summed E-state index contributed by atoms with van der Waals surface area (Å²) in [5.74, 6) is 0.989. The summed E-state index contributed by atoms with van der Waals surface area (Å²) in [7, 11) is 3.08. The minimum atomic E-state index is 0.380. The monoisotopic (exact) mass is 259 g/mol. The van der Waals surface area contributed by atoms with Crippen molar-refractivity contribution < 1.29 is 14.7 Å². The predicted octanol–water partition coefficient (Wildman–Crippen LogP) is 1.72. The molecular formula is C13H13N3O3. The molecule has 0 aliphatic heterocycles. The fourth-order valence-electron chi connectivity index (χ4n) is 1.56. The quantitative estimate of drug-likeness (QED) is 0.514. The Hall–Kier alpha value is -2.63. The van der Waals surface area contributed by atoms with Crippen LogP contribution in [0.25, 0.3) is 0 Å². The van der Waals surface area contributed by atoms with Crippen LogP contribution < -0.4 is 9.47 Å². The number of aromatic nitrogens is 2. The standard InChI is InChI=1S/C13H13N3O3/c1-18-11-5-3-9(7-14-11)13(16-17)10-4-6-12(19-2)15-8-10/h3-8,17H,1-2H3. The molecule has 0 atom stereocenters. The molecular weight excluding hydrogens is 246 g/mol. The summed E-state index contributed by atoms with van der Waals surface area (Å²) in [6.07, 6.45) is 3.14. The molecule has 0 spiro atoms. The number of pyridine rings is 2. The van der Waals surface area contributed by atoms with E-state index in [0.717, 1.165) is 0 Å². The lowest BCUT2D eigenvalue weighted by atomic mass is 10.1. The molecule has 2 aromatic heterocycles. The zero-order chi connectivity index (χ0) is 13.7. The Labute approximate surface area is 110 Å². The first-order chi connectivity index (χ1) is 9.28. The van der Waals surface area contributed by atoms with E-state index < -0.39 is 0 Å². The van der Waals surface area contributed by atoms with Crippen molar-refractivity contribution in [1.29, 1.82) is 0 Å². The van der Waals surface area contributed by atoms with Crippen LogP contribution in [0.5, 0.6) is 11.8 Å². The number of methoxy groups -OCH3 is 2. The lowest BCUT2D eigenvalue weighted by Gasteiger charge is -2.06. The van der Waals surface area contributed by atoms with Crippen LogP contribution in [-0.4, -0.2) is 35.1 Å². The van der Waals surface area contributed by atoms with Gasteiger partial charge in [0.1, 0.15) is 5.71 Å². The average Bonchev–Trinajstić information content (AvgIpc) is 2.49. The van der Waals surface area contributed by atoms with E-state index in [1.165, 1.54) is 14.2 Å². The maximum Gasteiger partial charge on any atom is 0.212 e. The molecule has 0 bridgehead atoms. The van der Waals surface area contributed by atoms with Crippen LogP contribution in [0.1, 0.15) is 11.1 Å². The lowest BCUT2D eigenvalue weighted by molar-refractivity contribution is 0.319. The maximum atomic E-state index is 9.16. The van der Waals surface area contributed by atoms with Gasteiger partial charge in [-0.3, -0.25) is 0 Å². The Morgan fingerprint density at radius 1 is 0.947 bits per heavy atom. The van der Waals surface area contributed by atoms with Gasteiger partial charge in [-0.1, -0.05) is 5.16 Å². The Bertz CT molecular complexity index is 515. The highest BCUT2D eigenvalue weighted by Gasteiger charge is 2.09. The molecule has 0 radical (unpaired) electrons. The number of hydrogen-bond acceptors (Lipinski definition) is 6. The smallest absolute Gasteiger partial charge is 0.212 e. The van der Waals surface area contributed by atoms with Gasteiger partial charge in [-0.2, -0.15) is 0 Å². The number of oxime groups is 1. The fourth-order valence-corrected chi connectivity index (χ4v) is 1.56. The van der Waals surface area contributed by atoms with E-state index in [2.05, 4.69) is 15.1 Å². The molecule has 19 heavy (non-hydrogen) atoms. The molecule has 98 valence electrons. The summed E-state index contributed by atoms with van der Waals surface area (Å²) in [4.78, 5) is 8.13. The third-order valence-corrected chi connectivity index (χ3v) is 2.54. The van der Waals surface area contributed by atoms with Crippen LogP contribution in [0.15, 0.2) is 41.8 Å². The molecule has 0 fully saturated rings. The molecule has 2 heterocycles. The summed E-state index contributed by atoms with van der Waals surface area (Å²) in [5, 5.41) is 12.5. The van der Waals surface area contributed by atoms with Crippen LogP contribution in [0, 0.1) is 0 Å². The van der Waals surface area contributed by atoms with Crippen molar-refractivity contribution in [3.05, 3.63) is 47.8 Å². The third-order valence-electron chi connectivity index (χ3n) is 2.54. The SMILES string of the molecule is COc1ccc(C(=NO)c2ccc(OC)nc2)cn1. The minimum absolute atomic E-state index is 0.380. The van der Waals surface area contributed by atoms with Crippen LogP contribution in [0.4, 0.5) is 0 Å². The molecule has 0 unspecified atom stereocenters. The predicted molar refractivity (Wildman–Crippen MR) is 69.0 cm³/mol. The first-order valence-electron chi connectivity index (χ1n) is 5.51. The summed E-state index contributed by atoms with van der Waals surface area (Å²) >= 11 is 0. The van der Waals surface area contributed by atoms with E-state index >= 15 is 0 Å². The van der Waals surface area contributed by atoms with Crippen LogP contribution in [-0.2, 0) is 0 Å². The van der Waals surface area contributed by atoms with Crippen molar-refractivity contribution in [3.63, 3.8) is 0 Å². The summed E-state index contributed by atoms with van der Waals surface area (Å²) in [6, 6.07) is 6.89. The average molecular weight is 259 g/mol. The molecule has 0 aliphatic carbocycles. The lowest BCUT2D eigenvalue weighted by Crippen LogP contribution is -2.05. The molecule has 0 aliphatic rings. The number of nitrogens with zero attached hydrogens (tertiary/aromatic N) is 3. The first kappa shape index (κ1) is 12.8. The van der Waals surface area contributed by atoms with Gasteiger partial charge in [0.25, 0.3) is 0 Å². The van der Waals surface area contributed by atoms with E-state index in [0.29, 0.717) is 28.6 Å². The van der Waals surface area contributed by atoms with E-state index in [9.17, 15) is 0 Å². The molecule has 6 nitrogen and oxygen atoms in total. The van der Waals surface area contributed by atoms with Crippen molar-refractivity contribution in [3.8, 4) is 11.8 Å². The second-order valence-electron chi connectivity index (χ2n) is 3.63. The van der Waals surface area contributed by atoms with Crippen LogP contribution in [0.2, 0.25) is 0 Å². The van der Waals surface area contributed by atoms with E-state index in [1.807, 2.05) is 0 Å². The van der Waals surface area contributed by atoms with Crippen molar-refractivity contribution in [2.24, 2.45) is 5.16 Å². The normalized spacial score (nSPS) is 9.79. The topological polar surface area (TPSA) is 76.8 Å². The van der Waals surface area contributed by atoms with Gasteiger partial charge in [0.2, 0.25) is 11.8 Å². The van der Waals surface area contributed by atoms with Gasteiger partial charge in [0.15, 0.2) is 0 Å². The number of rotatable bonds is 4. The molecule has 0 aromatic carbocycles. The highest BCUT2D eigenvalue weighted by atomic mass is 16.5. The van der Waals surface area contributed by atoms with Crippen molar-refractivity contribution in [1.82, 2.24) is 9.97 Å². The Balaban J connectivity index is 2.32. The van der Waals surface area contributed by atoms with Crippen LogP contribution in [0.3, 0.4) is 0 Å². The molecule has 2 rings (SSSR count). The first-order valence-corrected chi connectivity index (χ1v) is 5.51. The van der Waals surface area contributed by atoms with Gasteiger partial charge in [0, 0.05) is 35.7 Å². The van der Waals surface area contributed by atoms with Gasteiger partial charge in [-0.15, -0.1) is 0 Å². The third kappa shape index (κ3) is 2.79. The molecule has 1 N–H and O–H groups in total. The zero-order valence-corrected chi connectivity index (χ0v) is 10.6. The molecule has 2 aromatic rings. The van der Waals surface area contributed by atoms with Gasteiger partial charge >= 0.3 is 0 Å². The Morgan fingerprint density at radius 2 is 1.42 bits per heavy atom. The van der Waals surface area contributed by atoms with E-state index in [-0.39, 0.29) is 0 Å². The van der Waals surface area contributed by atoms with Gasteiger partial charge in [-0.25, -0.2) is 9.97 Å². The van der Waals surface area contributed by atoms with Crippen LogP contribution >= 0.6 is 0 Å². The molecule has 6 heteroatoms. The molecule has 0 saturated carbocycles. The maximum absolute atomic E-state index is 9.16. The van der Waals surface area contributed by atoms with E-state index in [1.54, 1.807) is 36.7 Å². The van der Waals surface area contributed by atoms with Gasteiger partial charge in [0.05, 0.1) is 14.2 Å². The van der Waals surface area contributed by atoms with Crippen molar-refractivity contribution in [2.75, 3.05) is 14.2 Å². The largest absolute Gasteiger partial charge is 0.481 e. The zero-order valence-electron chi connectivity index (χ0n) is 10.6. The molecule has 0 saturated heterocycles. The highest BCUT2D eigenvalue weighted by molar-refractivity contribution is 6.12. The Kier molecular flexibility index (Phi) is 3.92. The van der Waals surface area contributed by atoms with Gasteiger partial charge < -0.3 is 14.7 Å². The summed E-state index contributed by atoms with van der Waals surface area (Å²) in [5.41, 5.74) is 1.70. The minimum Gasteiger partial charge on any atom is -0.481 e. The highest BCUT2D eigenvalue weighted by Crippen LogP contribution is 2.14. The second-order valence-corrected chi connectivity index (χ2v) is 3.63. The number of ether oxygens (including phenoxy) is 2. The Morgan fingerprint density at radius 3 is 1.68 bits per heavy atom. The van der Waals surface area contributed by atoms with E-state index in [4.69, 9.17) is 14.7 Å². The van der Waals surface area contributed by atoms with Gasteiger partial charge in [-0.05, 0) is 12.1 Å². The summed E-state index contributed by atoms with van der Waals surface area (Å²) < 4.78 is 9.95. The summed E-state index contributed by atoms with van der Waals surface area (Å²) in [6.45, 7) is 0. The second kappa shape index (κ2) is 5.81. The number of hydrogen-bond donors (Lipinski definition) is 1. The molecule has 0 amide bonds. The van der Waals surface area contributed by atoms with Crippen molar-refractivity contribution in [2.45, 2.75) is 0 Å².